The minimum Gasteiger partial charge on any atom is -0.453 e. The van der Waals surface area contributed by atoms with Crippen LogP contribution in [-0.4, -0.2) is 13.4 Å². The molecule has 1 N–H and O–H groups in total. The average Bonchev–Trinajstić information content (AvgIpc) is 3.03. The zero-order valence-corrected chi connectivity index (χ0v) is 18.0. The lowest BCUT2D eigenvalue weighted by Gasteiger charge is -2.12. The van der Waals surface area contributed by atoms with Crippen LogP contribution in [0.1, 0.15) is 0 Å². The van der Waals surface area contributed by atoms with Gasteiger partial charge in [-0.25, -0.2) is 27.0 Å². The Morgan fingerprint density at radius 3 is 2.57 bits per heavy atom. The van der Waals surface area contributed by atoms with Crippen molar-refractivity contribution in [3.05, 3.63) is 67.5 Å². The van der Waals surface area contributed by atoms with E-state index in [2.05, 4.69) is 9.83 Å². The summed E-state index contributed by atoms with van der Waals surface area (Å²) in [5, 5.41) is -0.0837. The second kappa shape index (κ2) is 8.16. The van der Waals surface area contributed by atoms with E-state index in [1.165, 1.54) is 24.4 Å². The molecule has 0 spiro atoms. The van der Waals surface area contributed by atoms with Crippen LogP contribution in [0.25, 0.3) is 4.85 Å². The van der Waals surface area contributed by atoms with Gasteiger partial charge in [0.2, 0.25) is 0 Å². The summed E-state index contributed by atoms with van der Waals surface area (Å²) in [6.07, 6.45) is 1.22. The first-order valence-corrected chi connectivity index (χ1v) is 10.9. The van der Waals surface area contributed by atoms with Gasteiger partial charge in [0.05, 0.1) is 12.8 Å². The van der Waals surface area contributed by atoms with Gasteiger partial charge in [0, 0.05) is 15.7 Å². The molecule has 0 radical (unpaired) electrons. The monoisotopic (exact) mass is 553 g/mol. The van der Waals surface area contributed by atoms with Gasteiger partial charge >= 0.3 is 0 Å². The average molecular weight is 554 g/mol. The normalized spacial score (nSPS) is 11.1. The van der Waals surface area contributed by atoms with Gasteiger partial charge in [0.15, 0.2) is 22.4 Å². The number of thiazole rings is 1. The molecule has 0 unspecified atom stereocenters. The van der Waals surface area contributed by atoms with Crippen LogP contribution in [0.5, 0.6) is 11.5 Å². The number of hydrogen-bond donors (Lipinski definition) is 1. The van der Waals surface area contributed by atoms with E-state index >= 15 is 0 Å². The molecule has 0 aliphatic rings. The van der Waals surface area contributed by atoms with Crippen molar-refractivity contribution in [2.75, 3.05) is 4.72 Å². The molecule has 3 rings (SSSR count). The van der Waals surface area contributed by atoms with E-state index in [0.717, 1.165) is 11.3 Å². The van der Waals surface area contributed by atoms with E-state index in [1.54, 1.807) is 0 Å². The van der Waals surface area contributed by atoms with Gasteiger partial charge in [-0.2, -0.15) is 0 Å². The van der Waals surface area contributed by atoms with Gasteiger partial charge in [-0.15, -0.1) is 0 Å². The predicted molar refractivity (Wildman–Crippen MR) is 110 cm³/mol. The van der Waals surface area contributed by atoms with Crippen molar-refractivity contribution in [3.63, 3.8) is 0 Å². The Labute approximate surface area is 181 Å². The standard InChI is InChI=1S/C16H7ClF2IN3O3S2/c1-21-8-2-3-12(11(20)4-8)26-13-5-10(19)14(6-9(13)18)28(24,25)23-16-22-7-15(17)27-16/h2-7H,(H,22,23). The van der Waals surface area contributed by atoms with Crippen molar-refractivity contribution in [3.8, 4) is 11.5 Å². The SMILES string of the molecule is [C-]#[N+]c1ccc(Oc2cc(F)c(S(=O)(=O)Nc3ncc(Cl)s3)cc2F)c(I)c1. The summed E-state index contributed by atoms with van der Waals surface area (Å²) in [5.41, 5.74) is 0.359. The van der Waals surface area contributed by atoms with Crippen LogP contribution in [-0.2, 0) is 10.0 Å². The lowest BCUT2D eigenvalue weighted by Crippen LogP contribution is -2.15. The highest BCUT2D eigenvalue weighted by atomic mass is 127. The molecule has 0 saturated carbocycles. The molecule has 1 heterocycles. The minimum absolute atomic E-state index is 0.0837. The van der Waals surface area contributed by atoms with Crippen LogP contribution in [0.2, 0.25) is 4.34 Å². The summed E-state index contributed by atoms with van der Waals surface area (Å²) < 4.78 is 61.5. The number of nitrogens with one attached hydrogen (secondary N) is 1. The molecule has 1 aromatic heterocycles. The van der Waals surface area contributed by atoms with Crippen molar-refractivity contribution < 1.29 is 21.9 Å². The van der Waals surface area contributed by atoms with Crippen LogP contribution < -0.4 is 9.46 Å². The maximum atomic E-state index is 14.4. The molecule has 28 heavy (non-hydrogen) atoms. The number of aromatic nitrogens is 1. The lowest BCUT2D eigenvalue weighted by molar-refractivity contribution is 0.430. The molecule has 0 amide bonds. The summed E-state index contributed by atoms with van der Waals surface area (Å²) in [6, 6.07) is 5.56. The van der Waals surface area contributed by atoms with Gasteiger partial charge in [-0.3, -0.25) is 4.72 Å². The summed E-state index contributed by atoms with van der Waals surface area (Å²) in [5.74, 6) is -2.59. The third-order valence-corrected chi connectivity index (χ3v) is 6.60. The largest absolute Gasteiger partial charge is 0.453 e. The molecule has 0 fully saturated rings. The van der Waals surface area contributed by atoms with Crippen LogP contribution in [0.4, 0.5) is 19.6 Å². The quantitative estimate of drug-likeness (QED) is 0.319. The number of rotatable bonds is 5. The van der Waals surface area contributed by atoms with Crippen molar-refractivity contribution in [2.45, 2.75) is 4.90 Å². The van der Waals surface area contributed by atoms with E-state index in [4.69, 9.17) is 22.9 Å². The molecule has 0 aliphatic heterocycles. The second-order valence-corrected chi connectivity index (χ2v) is 9.59. The smallest absolute Gasteiger partial charge is 0.266 e. The summed E-state index contributed by atoms with van der Waals surface area (Å²) in [4.78, 5) is 6.06. The van der Waals surface area contributed by atoms with E-state index in [-0.39, 0.29) is 15.2 Å². The van der Waals surface area contributed by atoms with Gasteiger partial charge < -0.3 is 4.74 Å². The Morgan fingerprint density at radius 1 is 1.21 bits per heavy atom. The maximum Gasteiger partial charge on any atom is 0.266 e. The first-order valence-electron chi connectivity index (χ1n) is 7.17. The Morgan fingerprint density at radius 2 is 1.96 bits per heavy atom. The Hall–Kier alpha value is -2.01. The topological polar surface area (TPSA) is 72.7 Å². The fraction of sp³-hybridized carbons (Fsp3) is 0. The van der Waals surface area contributed by atoms with Crippen molar-refractivity contribution in [2.24, 2.45) is 0 Å². The number of nitrogens with zero attached hydrogens (tertiary/aromatic N) is 2. The molecular formula is C16H7ClF2IN3O3S2. The van der Waals surface area contributed by atoms with Gasteiger partial charge in [0.25, 0.3) is 10.0 Å². The van der Waals surface area contributed by atoms with E-state index in [1.807, 2.05) is 27.3 Å². The molecule has 144 valence electrons. The predicted octanol–water partition coefficient (Wildman–Crippen LogP) is 5.82. The minimum atomic E-state index is -4.43. The van der Waals surface area contributed by atoms with Crippen LogP contribution >= 0.6 is 45.5 Å². The number of halogens is 4. The Balaban J connectivity index is 1.91. The van der Waals surface area contributed by atoms with Gasteiger partial charge in [-0.1, -0.05) is 29.0 Å². The summed E-state index contributed by atoms with van der Waals surface area (Å²) >= 11 is 8.39. The first kappa shape index (κ1) is 20.7. The lowest BCUT2D eigenvalue weighted by atomic mass is 10.3. The zero-order valence-electron chi connectivity index (χ0n) is 13.4. The first-order chi connectivity index (χ1) is 13.2. The highest BCUT2D eigenvalue weighted by Crippen LogP contribution is 2.34. The second-order valence-electron chi connectivity index (χ2n) is 5.12. The maximum absolute atomic E-state index is 14.4. The molecule has 6 nitrogen and oxygen atoms in total. The number of hydrogen-bond acceptors (Lipinski definition) is 5. The van der Waals surface area contributed by atoms with Crippen LogP contribution in [0.15, 0.2) is 41.4 Å². The highest BCUT2D eigenvalue weighted by molar-refractivity contribution is 14.1. The van der Waals surface area contributed by atoms with Crippen molar-refractivity contribution in [1.82, 2.24) is 4.98 Å². The fourth-order valence-electron chi connectivity index (χ4n) is 2.03. The molecule has 3 aromatic rings. The van der Waals surface area contributed by atoms with Crippen molar-refractivity contribution >= 4 is 66.4 Å². The molecular weight excluding hydrogens is 547 g/mol. The third-order valence-electron chi connectivity index (χ3n) is 3.24. The third kappa shape index (κ3) is 4.52. The molecule has 0 bridgehead atoms. The molecule has 0 atom stereocenters. The van der Waals surface area contributed by atoms with Crippen LogP contribution in [0, 0.1) is 21.8 Å². The van der Waals surface area contributed by atoms with Crippen LogP contribution in [0.3, 0.4) is 0 Å². The van der Waals surface area contributed by atoms with Crippen molar-refractivity contribution in [1.29, 1.82) is 0 Å². The number of ether oxygens (including phenoxy) is 1. The zero-order chi connectivity index (χ0) is 20.5. The molecule has 12 heteroatoms. The fourth-order valence-corrected chi connectivity index (χ4v) is 4.76. The molecule has 2 aromatic carbocycles. The summed E-state index contributed by atoms with van der Waals surface area (Å²) in [6.45, 7) is 6.96. The highest BCUT2D eigenvalue weighted by Gasteiger charge is 2.24. The Kier molecular flexibility index (Phi) is 6.04. The number of anilines is 1. The van der Waals surface area contributed by atoms with Gasteiger partial charge in [0.1, 0.15) is 20.8 Å². The van der Waals surface area contributed by atoms with E-state index in [9.17, 15) is 17.2 Å². The molecule has 0 saturated heterocycles. The Bertz CT molecular complexity index is 1210. The number of benzene rings is 2. The molecule has 0 aliphatic carbocycles. The summed E-state index contributed by atoms with van der Waals surface area (Å²) in [7, 11) is -4.43. The van der Waals surface area contributed by atoms with Gasteiger partial charge in [-0.05, 0) is 34.7 Å². The number of sulfonamides is 1. The van der Waals surface area contributed by atoms with E-state index in [0.29, 0.717) is 21.4 Å². The van der Waals surface area contributed by atoms with E-state index < -0.39 is 32.3 Å².